The molecule has 1 aliphatic rings. The molecule has 19 heavy (non-hydrogen) atoms. The maximum atomic E-state index is 7.63. The predicted molar refractivity (Wildman–Crippen MR) is 79.9 cm³/mol. The van der Waals surface area contributed by atoms with E-state index in [4.69, 9.17) is 23.4 Å². The number of hydrogen-bond donors (Lipinski definition) is 3. The number of hydrogen-bond acceptors (Lipinski definition) is 3. The molecular weight excluding hydrogens is 258 g/mol. The second-order valence-electron chi connectivity index (χ2n) is 4.73. The van der Waals surface area contributed by atoms with Crippen LogP contribution in [0.2, 0.25) is 0 Å². The Labute approximate surface area is 118 Å². The van der Waals surface area contributed by atoms with Crippen molar-refractivity contribution in [1.82, 2.24) is 15.2 Å². The molecular formula is C13H19N5S. The van der Waals surface area contributed by atoms with Crippen LogP contribution in [0.25, 0.3) is 0 Å². The monoisotopic (exact) mass is 277 g/mol. The van der Waals surface area contributed by atoms with Crippen LogP contribution in [0.5, 0.6) is 0 Å². The fourth-order valence-corrected chi connectivity index (χ4v) is 2.28. The molecule has 4 N–H and O–H groups in total. The Morgan fingerprint density at radius 3 is 2.89 bits per heavy atom. The molecule has 0 bridgehead atoms. The third-order valence-corrected chi connectivity index (χ3v) is 3.65. The van der Waals surface area contributed by atoms with Crippen LogP contribution in [-0.4, -0.2) is 33.5 Å². The van der Waals surface area contributed by atoms with E-state index in [0.29, 0.717) is 17.7 Å². The van der Waals surface area contributed by atoms with Crippen molar-refractivity contribution in [3.05, 3.63) is 30.1 Å². The van der Waals surface area contributed by atoms with Crippen LogP contribution in [0.4, 0.5) is 0 Å². The Balaban J connectivity index is 1.88. The summed E-state index contributed by atoms with van der Waals surface area (Å²) in [5, 5.41) is 11.4. The van der Waals surface area contributed by atoms with Crippen LogP contribution in [-0.2, 0) is 6.42 Å². The minimum absolute atomic E-state index is 0.0132. The van der Waals surface area contributed by atoms with Gasteiger partial charge < -0.3 is 11.1 Å². The van der Waals surface area contributed by atoms with Crippen LogP contribution in [0.3, 0.4) is 0 Å². The summed E-state index contributed by atoms with van der Waals surface area (Å²) in [6, 6.07) is 4.36. The number of thiocarbonyl (C=S) groups is 1. The molecule has 5 nitrogen and oxygen atoms in total. The second-order valence-corrected chi connectivity index (χ2v) is 5.11. The summed E-state index contributed by atoms with van der Waals surface area (Å²) >= 11 is 5.32. The largest absolute Gasteiger partial charge is 0.370 e. The van der Waals surface area contributed by atoms with Gasteiger partial charge in [0.25, 0.3) is 0 Å². The molecule has 1 heterocycles. The molecule has 0 saturated heterocycles. The normalized spacial score (nSPS) is 14.5. The summed E-state index contributed by atoms with van der Waals surface area (Å²) in [4.78, 5) is 5.71. The molecule has 0 radical (unpaired) electrons. The Morgan fingerprint density at radius 1 is 1.58 bits per heavy atom. The van der Waals surface area contributed by atoms with Gasteiger partial charge in [-0.05, 0) is 49.5 Å². The second kappa shape index (κ2) is 6.47. The Morgan fingerprint density at radius 2 is 2.37 bits per heavy atom. The molecule has 0 amide bonds. The van der Waals surface area contributed by atoms with Gasteiger partial charge >= 0.3 is 0 Å². The molecule has 0 spiro atoms. The van der Waals surface area contributed by atoms with Crippen molar-refractivity contribution in [3.63, 3.8) is 0 Å². The lowest BCUT2D eigenvalue weighted by Gasteiger charge is -2.32. The van der Waals surface area contributed by atoms with Crippen molar-refractivity contribution >= 4 is 23.3 Å². The van der Waals surface area contributed by atoms with E-state index in [1.807, 2.05) is 18.3 Å². The average molecular weight is 277 g/mol. The quantitative estimate of drug-likeness (QED) is 0.438. The topological polar surface area (TPSA) is 78.0 Å². The van der Waals surface area contributed by atoms with Gasteiger partial charge in [-0.1, -0.05) is 6.07 Å². The number of rotatable bonds is 4. The van der Waals surface area contributed by atoms with E-state index in [-0.39, 0.29) is 5.96 Å². The highest BCUT2D eigenvalue weighted by Gasteiger charge is 2.21. The van der Waals surface area contributed by atoms with Crippen LogP contribution < -0.4 is 11.1 Å². The molecule has 1 aliphatic carbocycles. The van der Waals surface area contributed by atoms with Crippen molar-refractivity contribution in [2.45, 2.75) is 31.7 Å². The highest BCUT2D eigenvalue weighted by atomic mass is 32.1. The first-order chi connectivity index (χ1) is 9.16. The maximum Gasteiger partial charge on any atom is 0.194 e. The SMILES string of the molecule is N=C(N)N(CCc1cccnc1)C(=S)NC1CCC1. The van der Waals surface area contributed by atoms with Crippen LogP contribution in [0.1, 0.15) is 24.8 Å². The zero-order valence-corrected chi connectivity index (χ0v) is 11.6. The molecule has 0 atom stereocenters. The van der Waals surface area contributed by atoms with Crippen molar-refractivity contribution in [3.8, 4) is 0 Å². The van der Waals surface area contributed by atoms with Crippen molar-refractivity contribution in [1.29, 1.82) is 5.41 Å². The van der Waals surface area contributed by atoms with Gasteiger partial charge in [0.05, 0.1) is 0 Å². The van der Waals surface area contributed by atoms with Crippen molar-refractivity contribution in [2.24, 2.45) is 5.73 Å². The average Bonchev–Trinajstić information content (AvgIpc) is 2.35. The van der Waals surface area contributed by atoms with Crippen molar-refractivity contribution < 1.29 is 0 Å². The van der Waals surface area contributed by atoms with Gasteiger partial charge in [0.1, 0.15) is 0 Å². The van der Waals surface area contributed by atoms with Gasteiger partial charge in [-0.25, -0.2) is 0 Å². The minimum Gasteiger partial charge on any atom is -0.370 e. The zero-order chi connectivity index (χ0) is 13.7. The summed E-state index contributed by atoms with van der Waals surface area (Å²) in [5.41, 5.74) is 6.71. The first kappa shape index (κ1) is 13.7. The highest BCUT2D eigenvalue weighted by Crippen LogP contribution is 2.18. The van der Waals surface area contributed by atoms with Gasteiger partial charge in [-0.2, -0.15) is 0 Å². The highest BCUT2D eigenvalue weighted by molar-refractivity contribution is 7.80. The summed E-state index contributed by atoms with van der Waals surface area (Å²) in [6.07, 6.45) is 7.87. The van der Waals surface area contributed by atoms with Crippen LogP contribution in [0, 0.1) is 5.41 Å². The molecule has 2 rings (SSSR count). The number of aromatic nitrogens is 1. The molecule has 1 aromatic rings. The molecule has 1 fully saturated rings. The lowest BCUT2D eigenvalue weighted by atomic mass is 9.93. The standard InChI is InChI=1S/C13H19N5S/c14-12(15)18(13(19)17-11-4-1-5-11)8-6-10-3-2-7-16-9-10/h2-3,7,9,11H,1,4-6,8H2,(H3,14,15)(H,17,19). The van der Waals surface area contributed by atoms with Crippen LogP contribution >= 0.6 is 12.2 Å². The third kappa shape index (κ3) is 3.89. The first-order valence-electron chi connectivity index (χ1n) is 6.48. The first-order valence-corrected chi connectivity index (χ1v) is 6.88. The van der Waals surface area contributed by atoms with E-state index < -0.39 is 0 Å². The van der Waals surface area contributed by atoms with E-state index in [1.54, 1.807) is 11.1 Å². The van der Waals surface area contributed by atoms with E-state index in [2.05, 4.69) is 10.3 Å². The van der Waals surface area contributed by atoms with E-state index in [9.17, 15) is 0 Å². The molecule has 0 aromatic carbocycles. The molecule has 0 unspecified atom stereocenters. The summed E-state index contributed by atoms with van der Waals surface area (Å²) in [7, 11) is 0. The Kier molecular flexibility index (Phi) is 4.68. The molecule has 102 valence electrons. The van der Waals surface area contributed by atoms with Gasteiger partial charge in [-0.3, -0.25) is 15.3 Å². The number of pyridine rings is 1. The predicted octanol–water partition coefficient (Wildman–Crippen LogP) is 1.25. The molecule has 6 heteroatoms. The van der Waals surface area contributed by atoms with Gasteiger partial charge in [0.2, 0.25) is 0 Å². The lowest BCUT2D eigenvalue weighted by Crippen LogP contribution is -2.51. The van der Waals surface area contributed by atoms with E-state index in [1.165, 1.54) is 6.42 Å². The van der Waals surface area contributed by atoms with Crippen molar-refractivity contribution in [2.75, 3.05) is 6.54 Å². The summed E-state index contributed by atoms with van der Waals surface area (Å²) < 4.78 is 0. The van der Waals surface area contributed by atoms with Crippen LogP contribution in [0.15, 0.2) is 24.5 Å². The fraction of sp³-hybridized carbons (Fsp3) is 0.462. The number of nitrogens with one attached hydrogen (secondary N) is 2. The van der Waals surface area contributed by atoms with E-state index in [0.717, 1.165) is 24.8 Å². The van der Waals surface area contributed by atoms with E-state index >= 15 is 0 Å². The zero-order valence-electron chi connectivity index (χ0n) is 10.8. The lowest BCUT2D eigenvalue weighted by molar-refractivity contribution is 0.374. The molecule has 0 aliphatic heterocycles. The summed E-state index contributed by atoms with van der Waals surface area (Å²) in [6.45, 7) is 0.597. The third-order valence-electron chi connectivity index (χ3n) is 3.32. The maximum absolute atomic E-state index is 7.63. The molecule has 1 saturated carbocycles. The van der Waals surface area contributed by atoms with Gasteiger partial charge in [-0.15, -0.1) is 0 Å². The van der Waals surface area contributed by atoms with Gasteiger partial charge in [0, 0.05) is 25.0 Å². The number of guanidine groups is 1. The molecule has 1 aromatic heterocycles. The van der Waals surface area contributed by atoms with Gasteiger partial charge in [0.15, 0.2) is 11.1 Å². The summed E-state index contributed by atoms with van der Waals surface area (Å²) in [5.74, 6) is -0.0132. The fourth-order valence-electron chi connectivity index (χ4n) is 1.92. The minimum atomic E-state index is -0.0132. The number of nitrogens with two attached hydrogens (primary N) is 1. The Hall–Kier alpha value is -1.69. The smallest absolute Gasteiger partial charge is 0.194 e. The number of nitrogens with zero attached hydrogens (tertiary/aromatic N) is 2. The Bertz CT molecular complexity index is 444.